The number of imidazole rings is 1. The van der Waals surface area contributed by atoms with Crippen LogP contribution in [0.2, 0.25) is 0 Å². The molecular formula is C16H23N5. The third-order valence-corrected chi connectivity index (χ3v) is 4.12. The van der Waals surface area contributed by atoms with Crippen LogP contribution in [-0.2, 0) is 6.54 Å². The molecule has 1 aromatic heterocycles. The molecule has 0 amide bonds. The number of aromatic nitrogens is 2. The highest BCUT2D eigenvalue weighted by atomic mass is 15.3. The van der Waals surface area contributed by atoms with Gasteiger partial charge in [0.15, 0.2) is 5.96 Å². The van der Waals surface area contributed by atoms with Crippen LogP contribution in [-0.4, -0.2) is 40.0 Å². The first-order valence-corrected chi connectivity index (χ1v) is 7.61. The third kappa shape index (κ3) is 3.01. The molecule has 0 bridgehead atoms. The lowest BCUT2D eigenvalue weighted by atomic mass is 10.3. The Balaban J connectivity index is 1.59. The van der Waals surface area contributed by atoms with E-state index in [1.807, 2.05) is 13.1 Å². The summed E-state index contributed by atoms with van der Waals surface area (Å²) in [5.41, 5.74) is 8.25. The maximum Gasteiger partial charge on any atom is 0.191 e. The van der Waals surface area contributed by atoms with Gasteiger partial charge in [0, 0.05) is 26.2 Å². The van der Waals surface area contributed by atoms with Crippen LogP contribution in [0, 0.1) is 6.92 Å². The maximum atomic E-state index is 5.99. The molecule has 1 fully saturated rings. The van der Waals surface area contributed by atoms with Crippen molar-refractivity contribution in [3.63, 3.8) is 0 Å². The predicted molar refractivity (Wildman–Crippen MR) is 86.4 cm³/mol. The Kier molecular flexibility index (Phi) is 3.82. The first kappa shape index (κ1) is 13.9. The first-order chi connectivity index (χ1) is 10.2. The molecule has 21 heavy (non-hydrogen) atoms. The van der Waals surface area contributed by atoms with E-state index in [-0.39, 0.29) is 0 Å². The van der Waals surface area contributed by atoms with Crippen molar-refractivity contribution in [3.8, 4) is 0 Å². The Hall–Kier alpha value is -2.04. The monoisotopic (exact) mass is 285 g/mol. The maximum absolute atomic E-state index is 5.99. The summed E-state index contributed by atoms with van der Waals surface area (Å²) in [6, 6.07) is 8.87. The molecule has 5 nitrogen and oxygen atoms in total. The van der Waals surface area contributed by atoms with Crippen molar-refractivity contribution in [2.24, 2.45) is 10.7 Å². The van der Waals surface area contributed by atoms with Gasteiger partial charge in [-0.1, -0.05) is 12.1 Å². The fourth-order valence-corrected chi connectivity index (χ4v) is 2.66. The minimum atomic E-state index is 0.619. The van der Waals surface area contributed by atoms with E-state index in [1.165, 1.54) is 18.4 Å². The van der Waals surface area contributed by atoms with Crippen LogP contribution in [0.1, 0.15) is 25.1 Å². The van der Waals surface area contributed by atoms with E-state index in [2.05, 4.69) is 44.6 Å². The molecule has 0 radical (unpaired) electrons. The summed E-state index contributed by atoms with van der Waals surface area (Å²) >= 11 is 0. The summed E-state index contributed by atoms with van der Waals surface area (Å²) in [5, 5.41) is 0. The van der Waals surface area contributed by atoms with E-state index in [4.69, 9.17) is 5.73 Å². The molecule has 5 heteroatoms. The van der Waals surface area contributed by atoms with Gasteiger partial charge in [0.2, 0.25) is 0 Å². The topological polar surface area (TPSA) is 59.4 Å². The fourth-order valence-electron chi connectivity index (χ4n) is 2.66. The Labute approximate surface area is 125 Å². The fraction of sp³-hybridized carbons (Fsp3) is 0.500. The van der Waals surface area contributed by atoms with E-state index in [0.29, 0.717) is 12.0 Å². The Morgan fingerprint density at radius 2 is 2.19 bits per heavy atom. The van der Waals surface area contributed by atoms with E-state index in [0.717, 1.165) is 30.9 Å². The third-order valence-electron chi connectivity index (χ3n) is 4.12. The average Bonchev–Trinajstić information content (AvgIpc) is 3.27. The molecule has 112 valence electrons. The molecule has 0 spiro atoms. The van der Waals surface area contributed by atoms with Crippen LogP contribution in [0.5, 0.6) is 0 Å². The van der Waals surface area contributed by atoms with Crippen molar-refractivity contribution in [2.75, 3.05) is 13.6 Å². The van der Waals surface area contributed by atoms with Crippen molar-refractivity contribution in [3.05, 3.63) is 30.1 Å². The van der Waals surface area contributed by atoms with Crippen LogP contribution in [0.15, 0.2) is 29.3 Å². The highest BCUT2D eigenvalue weighted by Gasteiger charge is 2.27. The number of benzene rings is 1. The van der Waals surface area contributed by atoms with Crippen LogP contribution in [0.4, 0.5) is 0 Å². The van der Waals surface area contributed by atoms with Crippen LogP contribution in [0.25, 0.3) is 11.0 Å². The summed E-state index contributed by atoms with van der Waals surface area (Å²) in [6.45, 7) is 3.74. The van der Waals surface area contributed by atoms with E-state index in [9.17, 15) is 0 Å². The zero-order chi connectivity index (χ0) is 14.8. The summed E-state index contributed by atoms with van der Waals surface area (Å²) in [4.78, 5) is 11.2. The van der Waals surface area contributed by atoms with E-state index < -0.39 is 0 Å². The average molecular weight is 285 g/mol. The predicted octanol–water partition coefficient (Wildman–Crippen LogP) is 2.14. The van der Waals surface area contributed by atoms with Gasteiger partial charge in [-0.15, -0.1) is 0 Å². The zero-order valence-corrected chi connectivity index (χ0v) is 12.8. The first-order valence-electron chi connectivity index (χ1n) is 7.61. The smallest absolute Gasteiger partial charge is 0.191 e. The number of para-hydroxylation sites is 2. The largest absolute Gasteiger partial charge is 0.370 e. The van der Waals surface area contributed by atoms with Gasteiger partial charge >= 0.3 is 0 Å². The molecule has 1 aromatic carbocycles. The van der Waals surface area contributed by atoms with Gasteiger partial charge in [0.25, 0.3) is 0 Å². The van der Waals surface area contributed by atoms with Crippen molar-refractivity contribution in [1.82, 2.24) is 14.5 Å². The van der Waals surface area contributed by atoms with Crippen LogP contribution < -0.4 is 5.73 Å². The Bertz CT molecular complexity index is 654. The van der Waals surface area contributed by atoms with Gasteiger partial charge in [-0.2, -0.15) is 0 Å². The van der Waals surface area contributed by atoms with Gasteiger partial charge in [-0.05, 0) is 38.3 Å². The van der Waals surface area contributed by atoms with Crippen LogP contribution >= 0.6 is 0 Å². The Morgan fingerprint density at radius 3 is 2.95 bits per heavy atom. The number of rotatable bonds is 5. The molecule has 0 aliphatic heterocycles. The number of fused-ring (bicyclic) bond motifs is 1. The van der Waals surface area contributed by atoms with Crippen molar-refractivity contribution in [1.29, 1.82) is 0 Å². The molecular weight excluding hydrogens is 262 g/mol. The second-order valence-corrected chi connectivity index (χ2v) is 5.73. The molecule has 1 aliphatic rings. The summed E-state index contributed by atoms with van der Waals surface area (Å²) in [7, 11) is 2.03. The lowest BCUT2D eigenvalue weighted by Gasteiger charge is -2.16. The molecule has 0 atom stereocenters. The highest BCUT2D eigenvalue weighted by Crippen LogP contribution is 2.24. The molecule has 0 saturated heterocycles. The number of aryl methyl sites for hydroxylation is 2. The number of guanidine groups is 1. The lowest BCUT2D eigenvalue weighted by molar-refractivity contribution is 0.486. The van der Waals surface area contributed by atoms with Gasteiger partial charge in [-0.25, -0.2) is 4.98 Å². The number of hydrogen-bond donors (Lipinski definition) is 1. The van der Waals surface area contributed by atoms with Gasteiger partial charge in [0.1, 0.15) is 5.82 Å². The second-order valence-electron chi connectivity index (χ2n) is 5.73. The molecule has 1 aliphatic carbocycles. The molecule has 1 saturated carbocycles. The molecule has 0 unspecified atom stereocenters. The van der Waals surface area contributed by atoms with Gasteiger partial charge in [-0.3, -0.25) is 4.99 Å². The molecule has 1 heterocycles. The summed E-state index contributed by atoms with van der Waals surface area (Å²) in [6.07, 6.45) is 3.46. The molecule has 2 N–H and O–H groups in total. The minimum absolute atomic E-state index is 0.619. The Morgan fingerprint density at radius 1 is 1.43 bits per heavy atom. The van der Waals surface area contributed by atoms with Crippen molar-refractivity contribution in [2.45, 2.75) is 38.8 Å². The minimum Gasteiger partial charge on any atom is -0.370 e. The lowest BCUT2D eigenvalue weighted by Crippen LogP contribution is -2.35. The van der Waals surface area contributed by atoms with Gasteiger partial charge in [0.05, 0.1) is 11.0 Å². The van der Waals surface area contributed by atoms with Crippen LogP contribution in [0.3, 0.4) is 0 Å². The summed E-state index contributed by atoms with van der Waals surface area (Å²) < 4.78 is 2.26. The quantitative estimate of drug-likeness (QED) is 0.520. The van der Waals surface area contributed by atoms with Crippen molar-refractivity contribution >= 4 is 17.0 Å². The highest BCUT2D eigenvalue weighted by molar-refractivity contribution is 5.78. The standard InChI is InChI=1S/C16H23N5/c1-12-19-14-6-3-4-7-15(14)21(12)11-5-10-18-16(17)20(2)13-8-9-13/h3-4,6-7,13H,5,8-11H2,1-2H3,(H2,17,18). The van der Waals surface area contributed by atoms with E-state index >= 15 is 0 Å². The molecule has 3 rings (SSSR count). The van der Waals surface area contributed by atoms with Crippen molar-refractivity contribution < 1.29 is 0 Å². The van der Waals surface area contributed by atoms with E-state index in [1.54, 1.807) is 0 Å². The van der Waals surface area contributed by atoms with Gasteiger partial charge < -0.3 is 15.2 Å². The number of nitrogens with two attached hydrogens (primary N) is 1. The molecule has 2 aromatic rings. The normalized spacial score (nSPS) is 15.6. The number of hydrogen-bond acceptors (Lipinski definition) is 2. The number of nitrogens with zero attached hydrogens (tertiary/aromatic N) is 4. The summed E-state index contributed by atoms with van der Waals surface area (Å²) in [5.74, 6) is 1.73. The SMILES string of the molecule is Cc1nc2ccccc2n1CCCN=C(N)N(C)C1CC1. The number of aliphatic imine (C=N–C) groups is 1. The zero-order valence-electron chi connectivity index (χ0n) is 12.8. The second kappa shape index (κ2) is 5.76.